The number of rotatable bonds is 6. The van der Waals surface area contributed by atoms with Crippen LogP contribution in [-0.2, 0) is 9.47 Å². The standard InChI is InChI=1S/C16H16ClNO5S/c1-4-22-16(21)13-8(2)14(18-9(13)3)10(19)7-23-15(20)11-5-6-12(17)24-11/h5-6,18H,4,7H2,1-3H3. The van der Waals surface area contributed by atoms with Crippen LogP contribution in [0.4, 0.5) is 0 Å². The summed E-state index contributed by atoms with van der Waals surface area (Å²) < 4.78 is 10.4. The van der Waals surface area contributed by atoms with Crippen molar-refractivity contribution in [2.45, 2.75) is 20.8 Å². The number of Topliss-reactive ketones (excluding diaryl/α,β-unsaturated/α-hetero) is 1. The largest absolute Gasteiger partial charge is 0.462 e. The van der Waals surface area contributed by atoms with E-state index in [4.69, 9.17) is 21.1 Å². The number of nitrogens with one attached hydrogen (secondary N) is 1. The number of aryl methyl sites for hydroxylation is 1. The van der Waals surface area contributed by atoms with Gasteiger partial charge in [0.25, 0.3) is 0 Å². The Labute approximate surface area is 147 Å². The molecule has 128 valence electrons. The number of carbonyl (C=O) groups excluding carboxylic acids is 3. The van der Waals surface area contributed by atoms with E-state index in [9.17, 15) is 14.4 Å². The van der Waals surface area contributed by atoms with Gasteiger partial charge in [-0.2, -0.15) is 0 Å². The van der Waals surface area contributed by atoms with Gasteiger partial charge in [0, 0.05) is 5.69 Å². The van der Waals surface area contributed by atoms with Crippen molar-refractivity contribution >= 4 is 40.7 Å². The van der Waals surface area contributed by atoms with Crippen LogP contribution in [0.5, 0.6) is 0 Å². The van der Waals surface area contributed by atoms with Crippen LogP contribution in [-0.4, -0.2) is 35.9 Å². The van der Waals surface area contributed by atoms with Crippen molar-refractivity contribution in [1.82, 2.24) is 4.98 Å². The maximum Gasteiger partial charge on any atom is 0.348 e. The monoisotopic (exact) mass is 369 g/mol. The van der Waals surface area contributed by atoms with Gasteiger partial charge in [-0.05, 0) is 38.5 Å². The summed E-state index contributed by atoms with van der Waals surface area (Å²) in [6.07, 6.45) is 0. The van der Waals surface area contributed by atoms with Crippen LogP contribution in [0.15, 0.2) is 12.1 Å². The number of ether oxygens (including phenoxy) is 2. The SMILES string of the molecule is CCOC(=O)c1c(C)[nH]c(C(=O)COC(=O)c2ccc(Cl)s2)c1C. The first-order valence-electron chi connectivity index (χ1n) is 7.17. The Morgan fingerprint density at radius 1 is 1.17 bits per heavy atom. The van der Waals surface area contributed by atoms with Gasteiger partial charge in [0.05, 0.1) is 22.2 Å². The van der Waals surface area contributed by atoms with Crippen LogP contribution in [0.3, 0.4) is 0 Å². The predicted octanol–water partition coefficient (Wildman–Crippen LogP) is 3.56. The minimum Gasteiger partial charge on any atom is -0.462 e. The van der Waals surface area contributed by atoms with Crippen LogP contribution >= 0.6 is 22.9 Å². The summed E-state index contributed by atoms with van der Waals surface area (Å²) in [7, 11) is 0. The maximum atomic E-state index is 12.3. The van der Waals surface area contributed by atoms with Crippen molar-refractivity contribution in [3.05, 3.63) is 43.9 Å². The number of hydrogen-bond donors (Lipinski definition) is 1. The van der Waals surface area contributed by atoms with Crippen LogP contribution in [0.25, 0.3) is 0 Å². The number of H-pyrrole nitrogens is 1. The fraction of sp³-hybridized carbons (Fsp3) is 0.312. The summed E-state index contributed by atoms with van der Waals surface area (Å²) in [5.74, 6) is -1.54. The average Bonchev–Trinajstić information content (AvgIpc) is 3.08. The second kappa shape index (κ2) is 7.63. The molecule has 0 fully saturated rings. The van der Waals surface area contributed by atoms with Crippen LogP contribution in [0.2, 0.25) is 4.34 Å². The second-order valence-corrected chi connectivity index (χ2v) is 6.66. The Kier molecular flexibility index (Phi) is 5.80. The van der Waals surface area contributed by atoms with Crippen LogP contribution in [0.1, 0.15) is 48.7 Å². The molecule has 0 spiro atoms. The van der Waals surface area contributed by atoms with Gasteiger partial charge in [-0.15, -0.1) is 11.3 Å². The quantitative estimate of drug-likeness (QED) is 0.621. The Hall–Kier alpha value is -2.12. The molecular weight excluding hydrogens is 354 g/mol. The van der Waals surface area contributed by atoms with E-state index >= 15 is 0 Å². The summed E-state index contributed by atoms with van der Waals surface area (Å²) in [6, 6.07) is 3.11. The number of carbonyl (C=O) groups is 3. The molecule has 0 radical (unpaired) electrons. The fourth-order valence-electron chi connectivity index (χ4n) is 2.24. The Bertz CT molecular complexity index is 792. The van der Waals surface area contributed by atoms with Gasteiger partial charge >= 0.3 is 11.9 Å². The van der Waals surface area contributed by atoms with Crippen LogP contribution < -0.4 is 0 Å². The summed E-state index contributed by atoms with van der Waals surface area (Å²) in [4.78, 5) is 39.2. The van der Waals surface area contributed by atoms with Gasteiger partial charge < -0.3 is 14.5 Å². The second-order valence-electron chi connectivity index (χ2n) is 4.95. The van der Waals surface area contributed by atoms with Gasteiger partial charge in [0.2, 0.25) is 5.78 Å². The minimum absolute atomic E-state index is 0.229. The molecule has 0 amide bonds. The molecule has 0 bridgehead atoms. The number of aromatic nitrogens is 1. The smallest absolute Gasteiger partial charge is 0.348 e. The third kappa shape index (κ3) is 3.85. The third-order valence-electron chi connectivity index (χ3n) is 3.30. The first kappa shape index (κ1) is 18.2. The highest BCUT2D eigenvalue weighted by Gasteiger charge is 2.23. The van der Waals surface area contributed by atoms with Gasteiger partial charge in [0.15, 0.2) is 6.61 Å². The highest BCUT2D eigenvalue weighted by molar-refractivity contribution is 7.17. The number of aromatic amines is 1. The zero-order valence-electron chi connectivity index (χ0n) is 13.4. The summed E-state index contributed by atoms with van der Waals surface area (Å²) in [5, 5.41) is 0. The van der Waals surface area contributed by atoms with Gasteiger partial charge in [-0.25, -0.2) is 9.59 Å². The molecule has 0 atom stereocenters. The first-order valence-corrected chi connectivity index (χ1v) is 8.36. The Morgan fingerprint density at radius 3 is 2.46 bits per heavy atom. The summed E-state index contributed by atoms with van der Waals surface area (Å²) in [6.45, 7) is 4.84. The third-order valence-corrected chi connectivity index (χ3v) is 4.52. The Morgan fingerprint density at radius 2 is 1.88 bits per heavy atom. The van der Waals surface area contributed by atoms with E-state index in [0.717, 1.165) is 11.3 Å². The molecule has 0 unspecified atom stereocenters. The molecular formula is C16H16ClNO5S. The lowest BCUT2D eigenvalue weighted by Crippen LogP contribution is -2.15. The number of esters is 2. The van der Waals surface area contributed by atoms with Gasteiger partial charge in [-0.3, -0.25) is 4.79 Å². The lowest BCUT2D eigenvalue weighted by Gasteiger charge is -2.04. The number of thiophene rings is 1. The van der Waals surface area contributed by atoms with E-state index in [2.05, 4.69) is 4.98 Å². The zero-order chi connectivity index (χ0) is 17.9. The lowest BCUT2D eigenvalue weighted by atomic mass is 10.1. The van der Waals surface area contributed by atoms with E-state index in [1.54, 1.807) is 26.8 Å². The van der Waals surface area contributed by atoms with E-state index in [1.165, 1.54) is 6.07 Å². The molecule has 2 heterocycles. The molecule has 0 aromatic carbocycles. The molecule has 2 aromatic rings. The molecule has 0 aliphatic rings. The molecule has 0 saturated heterocycles. The van der Waals surface area contributed by atoms with Crippen molar-refractivity contribution in [2.75, 3.05) is 13.2 Å². The van der Waals surface area contributed by atoms with Crippen molar-refractivity contribution in [3.63, 3.8) is 0 Å². The molecule has 8 heteroatoms. The van der Waals surface area contributed by atoms with E-state index in [0.29, 0.717) is 26.0 Å². The lowest BCUT2D eigenvalue weighted by molar-refractivity contribution is 0.0477. The molecule has 24 heavy (non-hydrogen) atoms. The molecule has 0 aliphatic heterocycles. The first-order chi connectivity index (χ1) is 11.3. The normalized spacial score (nSPS) is 10.5. The zero-order valence-corrected chi connectivity index (χ0v) is 15.0. The van der Waals surface area contributed by atoms with Crippen LogP contribution in [0, 0.1) is 13.8 Å². The molecule has 6 nitrogen and oxygen atoms in total. The van der Waals surface area contributed by atoms with Crippen molar-refractivity contribution in [3.8, 4) is 0 Å². The molecule has 2 aromatic heterocycles. The Balaban J connectivity index is 2.09. The summed E-state index contributed by atoms with van der Waals surface area (Å²) in [5.41, 5.74) is 1.57. The van der Waals surface area contributed by atoms with Crippen molar-refractivity contribution < 1.29 is 23.9 Å². The number of ketones is 1. The highest BCUT2D eigenvalue weighted by atomic mass is 35.5. The average molecular weight is 370 g/mol. The van der Waals surface area contributed by atoms with Crippen molar-refractivity contribution in [2.24, 2.45) is 0 Å². The minimum atomic E-state index is -0.619. The highest BCUT2D eigenvalue weighted by Crippen LogP contribution is 2.23. The molecule has 1 N–H and O–H groups in total. The molecule has 2 rings (SSSR count). The van der Waals surface area contributed by atoms with E-state index in [-0.39, 0.29) is 12.3 Å². The number of hydrogen-bond acceptors (Lipinski definition) is 6. The predicted molar refractivity (Wildman–Crippen MR) is 90.2 cm³/mol. The summed E-state index contributed by atoms with van der Waals surface area (Å²) >= 11 is 6.83. The van der Waals surface area contributed by atoms with E-state index < -0.39 is 24.3 Å². The fourth-order valence-corrected chi connectivity index (χ4v) is 3.17. The van der Waals surface area contributed by atoms with Crippen molar-refractivity contribution in [1.29, 1.82) is 0 Å². The number of halogens is 1. The van der Waals surface area contributed by atoms with Gasteiger partial charge in [-0.1, -0.05) is 11.6 Å². The van der Waals surface area contributed by atoms with Gasteiger partial charge in [0.1, 0.15) is 4.88 Å². The maximum absolute atomic E-state index is 12.3. The molecule has 0 saturated carbocycles. The topological polar surface area (TPSA) is 85.5 Å². The van der Waals surface area contributed by atoms with E-state index in [1.807, 2.05) is 0 Å². The molecule has 0 aliphatic carbocycles.